The molecule has 102 valence electrons. The number of hydrogen-bond donors (Lipinski definition) is 1. The Kier molecular flexibility index (Phi) is 4.98. The van der Waals surface area contributed by atoms with Crippen molar-refractivity contribution in [1.82, 2.24) is 10.3 Å². The molecular formula is C15H20N2O2. The van der Waals surface area contributed by atoms with Crippen LogP contribution in [-0.2, 0) is 6.54 Å². The molecule has 0 aliphatic heterocycles. The first kappa shape index (κ1) is 13.6. The van der Waals surface area contributed by atoms with Crippen LogP contribution in [0.4, 0.5) is 0 Å². The van der Waals surface area contributed by atoms with Crippen molar-refractivity contribution in [3.8, 4) is 17.1 Å². The van der Waals surface area contributed by atoms with E-state index >= 15 is 0 Å². The number of nitrogens with one attached hydrogen (secondary N) is 1. The maximum Gasteiger partial charge on any atom is 0.138 e. The van der Waals surface area contributed by atoms with Gasteiger partial charge in [0.1, 0.15) is 17.3 Å². The molecule has 0 unspecified atom stereocenters. The smallest absolute Gasteiger partial charge is 0.138 e. The summed E-state index contributed by atoms with van der Waals surface area (Å²) in [5.41, 5.74) is 0.941. The first-order valence-corrected chi connectivity index (χ1v) is 6.71. The number of aromatic nitrogens is 1. The molecular weight excluding hydrogens is 240 g/mol. The van der Waals surface area contributed by atoms with Crippen molar-refractivity contribution >= 4 is 0 Å². The Morgan fingerprint density at radius 3 is 2.95 bits per heavy atom. The van der Waals surface area contributed by atoms with E-state index in [-0.39, 0.29) is 0 Å². The molecule has 0 saturated heterocycles. The van der Waals surface area contributed by atoms with Gasteiger partial charge in [0.2, 0.25) is 0 Å². The molecule has 0 aliphatic rings. The normalized spacial score (nSPS) is 10.6. The third-order valence-electron chi connectivity index (χ3n) is 2.68. The van der Waals surface area contributed by atoms with E-state index in [4.69, 9.17) is 9.15 Å². The van der Waals surface area contributed by atoms with E-state index in [2.05, 4.69) is 24.1 Å². The Hall–Kier alpha value is -1.81. The largest absolute Gasteiger partial charge is 0.492 e. The molecule has 0 aliphatic carbocycles. The lowest BCUT2D eigenvalue weighted by atomic mass is 10.2. The molecule has 4 nitrogen and oxygen atoms in total. The summed E-state index contributed by atoms with van der Waals surface area (Å²) in [6.07, 6.45) is 4.49. The fourth-order valence-corrected chi connectivity index (χ4v) is 1.73. The predicted octanol–water partition coefficient (Wildman–Crippen LogP) is 3.24. The van der Waals surface area contributed by atoms with Crippen LogP contribution in [0.2, 0.25) is 0 Å². The topological polar surface area (TPSA) is 47.3 Å². The Morgan fingerprint density at radius 2 is 2.16 bits per heavy atom. The van der Waals surface area contributed by atoms with Crippen LogP contribution < -0.4 is 10.1 Å². The average molecular weight is 260 g/mol. The van der Waals surface area contributed by atoms with Crippen LogP contribution in [0.15, 0.2) is 35.0 Å². The fourth-order valence-electron chi connectivity index (χ4n) is 1.73. The van der Waals surface area contributed by atoms with Gasteiger partial charge in [0.25, 0.3) is 0 Å². The third kappa shape index (κ3) is 3.83. The van der Waals surface area contributed by atoms with Gasteiger partial charge in [-0.3, -0.25) is 4.98 Å². The summed E-state index contributed by atoms with van der Waals surface area (Å²) >= 11 is 0. The van der Waals surface area contributed by atoms with Gasteiger partial charge in [-0.25, -0.2) is 0 Å². The highest BCUT2D eigenvalue weighted by molar-refractivity contribution is 5.58. The summed E-state index contributed by atoms with van der Waals surface area (Å²) in [5.74, 6) is 2.53. The Morgan fingerprint density at radius 1 is 1.26 bits per heavy atom. The molecule has 0 spiro atoms. The zero-order valence-corrected chi connectivity index (χ0v) is 11.5. The first-order chi connectivity index (χ1) is 9.33. The SMILES string of the molecule is CCCOc1cncc(-c2ccc(CNCC)o2)c1. The van der Waals surface area contributed by atoms with Crippen molar-refractivity contribution in [2.24, 2.45) is 0 Å². The summed E-state index contributed by atoms with van der Waals surface area (Å²) < 4.78 is 11.3. The summed E-state index contributed by atoms with van der Waals surface area (Å²) in [6.45, 7) is 6.53. The zero-order valence-electron chi connectivity index (χ0n) is 11.5. The van der Waals surface area contributed by atoms with Gasteiger partial charge in [-0.2, -0.15) is 0 Å². The van der Waals surface area contributed by atoms with Crippen LogP contribution in [0.25, 0.3) is 11.3 Å². The minimum Gasteiger partial charge on any atom is -0.492 e. The van der Waals surface area contributed by atoms with E-state index in [0.29, 0.717) is 6.61 Å². The van der Waals surface area contributed by atoms with Gasteiger partial charge < -0.3 is 14.5 Å². The lowest BCUT2D eigenvalue weighted by Gasteiger charge is -2.05. The highest BCUT2D eigenvalue weighted by Gasteiger charge is 2.06. The molecule has 2 aromatic heterocycles. The van der Waals surface area contributed by atoms with E-state index in [1.165, 1.54) is 0 Å². The van der Waals surface area contributed by atoms with E-state index in [1.54, 1.807) is 12.4 Å². The van der Waals surface area contributed by atoms with Crippen LogP contribution in [0.5, 0.6) is 5.75 Å². The van der Waals surface area contributed by atoms with E-state index < -0.39 is 0 Å². The summed E-state index contributed by atoms with van der Waals surface area (Å²) in [5, 5.41) is 3.23. The predicted molar refractivity (Wildman–Crippen MR) is 75.1 cm³/mol. The second-order valence-corrected chi connectivity index (χ2v) is 4.30. The van der Waals surface area contributed by atoms with Gasteiger partial charge in [-0.1, -0.05) is 13.8 Å². The number of furan rings is 1. The van der Waals surface area contributed by atoms with Gasteiger partial charge in [-0.05, 0) is 31.2 Å². The number of ether oxygens (including phenoxy) is 1. The van der Waals surface area contributed by atoms with E-state index in [1.807, 2.05) is 18.2 Å². The van der Waals surface area contributed by atoms with Crippen LogP contribution in [0.1, 0.15) is 26.0 Å². The van der Waals surface area contributed by atoms with Gasteiger partial charge in [0, 0.05) is 11.8 Å². The van der Waals surface area contributed by atoms with Crippen molar-refractivity contribution in [1.29, 1.82) is 0 Å². The van der Waals surface area contributed by atoms with Gasteiger partial charge >= 0.3 is 0 Å². The molecule has 19 heavy (non-hydrogen) atoms. The standard InChI is InChI=1S/C15H20N2O2/c1-3-7-18-14-8-12(9-17-11-14)15-6-5-13(19-15)10-16-4-2/h5-6,8-9,11,16H,3-4,7,10H2,1-2H3. The van der Waals surface area contributed by atoms with Crippen molar-refractivity contribution in [3.63, 3.8) is 0 Å². The minimum absolute atomic E-state index is 0.703. The number of pyridine rings is 1. The quantitative estimate of drug-likeness (QED) is 0.830. The molecule has 4 heteroatoms. The van der Waals surface area contributed by atoms with Crippen molar-refractivity contribution < 1.29 is 9.15 Å². The van der Waals surface area contributed by atoms with Gasteiger partial charge in [0.15, 0.2) is 0 Å². The molecule has 1 N–H and O–H groups in total. The van der Waals surface area contributed by atoms with Gasteiger partial charge in [-0.15, -0.1) is 0 Å². The zero-order chi connectivity index (χ0) is 13.5. The number of nitrogens with zero attached hydrogens (tertiary/aromatic N) is 1. The van der Waals surface area contributed by atoms with Crippen LogP contribution in [-0.4, -0.2) is 18.1 Å². The van der Waals surface area contributed by atoms with Crippen molar-refractivity contribution in [3.05, 3.63) is 36.4 Å². The third-order valence-corrected chi connectivity index (χ3v) is 2.68. The lowest BCUT2D eigenvalue weighted by molar-refractivity contribution is 0.316. The Balaban J connectivity index is 2.10. The second-order valence-electron chi connectivity index (χ2n) is 4.30. The lowest BCUT2D eigenvalue weighted by Crippen LogP contribution is -2.10. The number of rotatable bonds is 7. The van der Waals surface area contributed by atoms with E-state index in [9.17, 15) is 0 Å². The molecule has 0 atom stereocenters. The maximum absolute atomic E-state index is 5.77. The average Bonchev–Trinajstić information content (AvgIpc) is 2.92. The molecule has 0 aromatic carbocycles. The van der Waals surface area contributed by atoms with Crippen LogP contribution in [0, 0.1) is 0 Å². The van der Waals surface area contributed by atoms with Crippen LogP contribution in [0.3, 0.4) is 0 Å². The molecule has 0 bridgehead atoms. The molecule has 0 saturated carbocycles. The molecule has 2 heterocycles. The monoisotopic (exact) mass is 260 g/mol. The summed E-state index contributed by atoms with van der Waals surface area (Å²) in [6, 6.07) is 5.91. The Bertz CT molecular complexity index is 508. The minimum atomic E-state index is 0.703. The summed E-state index contributed by atoms with van der Waals surface area (Å²) in [7, 11) is 0. The Labute approximate surface area is 113 Å². The maximum atomic E-state index is 5.77. The summed E-state index contributed by atoms with van der Waals surface area (Å²) in [4.78, 5) is 4.18. The highest BCUT2D eigenvalue weighted by Crippen LogP contribution is 2.24. The first-order valence-electron chi connectivity index (χ1n) is 6.71. The second kappa shape index (κ2) is 6.95. The van der Waals surface area contributed by atoms with E-state index in [0.717, 1.165) is 42.3 Å². The molecule has 0 fully saturated rings. The van der Waals surface area contributed by atoms with Crippen molar-refractivity contribution in [2.75, 3.05) is 13.2 Å². The molecule has 2 rings (SSSR count). The van der Waals surface area contributed by atoms with Crippen LogP contribution >= 0.6 is 0 Å². The van der Waals surface area contributed by atoms with Crippen molar-refractivity contribution in [2.45, 2.75) is 26.8 Å². The fraction of sp³-hybridized carbons (Fsp3) is 0.400. The number of hydrogen-bond acceptors (Lipinski definition) is 4. The molecule has 0 amide bonds. The highest BCUT2D eigenvalue weighted by atomic mass is 16.5. The van der Waals surface area contributed by atoms with Gasteiger partial charge in [0.05, 0.1) is 19.3 Å². The molecule has 2 aromatic rings. The molecule has 0 radical (unpaired) electrons.